The number of piperidine rings is 4. The third kappa shape index (κ3) is 8.34. The topological polar surface area (TPSA) is 178 Å². The number of carbonyl (C=O) groups excluding carboxylic acids is 5. The molecular formula is C57H71N11O6. The maximum Gasteiger partial charge on any atom is 0.238 e. The Hall–Kier alpha value is -5.94. The fourth-order valence-electron chi connectivity index (χ4n) is 14.1. The van der Waals surface area contributed by atoms with E-state index in [1.165, 1.54) is 0 Å². The van der Waals surface area contributed by atoms with Crippen molar-refractivity contribution < 1.29 is 28.7 Å². The lowest BCUT2D eigenvalue weighted by Crippen LogP contribution is -2.60. The smallest absolute Gasteiger partial charge is 0.238 e. The number of benzene rings is 1. The first-order valence-corrected chi connectivity index (χ1v) is 28.0. The molecule has 390 valence electrons. The number of imidazole rings is 1. The average Bonchev–Trinajstić information content (AvgIpc) is 3.94. The molecule has 10 heterocycles. The predicted molar refractivity (Wildman–Crippen MR) is 279 cm³/mol. The number of imide groups is 1. The molecule has 8 fully saturated rings. The van der Waals surface area contributed by atoms with Crippen LogP contribution < -0.4 is 20.4 Å². The van der Waals surface area contributed by atoms with Gasteiger partial charge in [-0.15, -0.1) is 0 Å². The van der Waals surface area contributed by atoms with Crippen LogP contribution in [0.5, 0.6) is 0 Å². The number of pyridine rings is 2. The number of nitrogens with zero attached hydrogens (tertiary/aromatic N) is 9. The molecule has 3 aromatic heterocycles. The van der Waals surface area contributed by atoms with E-state index in [-0.39, 0.29) is 53.5 Å². The number of hydrogen-bond donors (Lipinski definition) is 2. The van der Waals surface area contributed by atoms with Crippen molar-refractivity contribution in [2.24, 2.45) is 11.3 Å². The molecule has 6 saturated heterocycles. The molecule has 2 N–H and O–H groups in total. The Morgan fingerprint density at radius 2 is 1.54 bits per heavy atom. The van der Waals surface area contributed by atoms with Gasteiger partial charge in [0, 0.05) is 112 Å². The summed E-state index contributed by atoms with van der Waals surface area (Å²) in [5.41, 5.74) is 5.35. The summed E-state index contributed by atoms with van der Waals surface area (Å²) in [6, 6.07) is 13.7. The van der Waals surface area contributed by atoms with Crippen molar-refractivity contribution in [3.05, 3.63) is 60.0 Å². The number of rotatable bonds is 10. The van der Waals surface area contributed by atoms with Gasteiger partial charge in [-0.25, -0.2) is 15.0 Å². The number of carbonyl (C=O) groups is 5. The number of amides is 5. The van der Waals surface area contributed by atoms with Crippen LogP contribution in [0.1, 0.15) is 134 Å². The van der Waals surface area contributed by atoms with E-state index in [1.54, 1.807) is 6.20 Å². The van der Waals surface area contributed by atoms with Gasteiger partial charge < -0.3 is 34.2 Å². The highest BCUT2D eigenvalue weighted by molar-refractivity contribution is 6.09. The Labute approximate surface area is 433 Å². The first kappa shape index (κ1) is 47.8. The van der Waals surface area contributed by atoms with Gasteiger partial charge in [0.05, 0.1) is 41.1 Å². The molecule has 9 aliphatic rings. The van der Waals surface area contributed by atoms with E-state index in [1.807, 2.05) is 28.3 Å². The number of hydrogen-bond acceptors (Lipinski definition) is 12. The first-order valence-electron chi connectivity index (χ1n) is 28.0. The average molecular weight is 1010 g/mol. The van der Waals surface area contributed by atoms with Crippen LogP contribution in [0, 0.1) is 11.3 Å². The van der Waals surface area contributed by atoms with Crippen molar-refractivity contribution in [2.75, 3.05) is 67.5 Å². The molecule has 17 heteroatoms. The summed E-state index contributed by atoms with van der Waals surface area (Å²) >= 11 is 0. The van der Waals surface area contributed by atoms with Crippen molar-refractivity contribution in [3.63, 3.8) is 0 Å². The molecule has 3 atom stereocenters. The van der Waals surface area contributed by atoms with Gasteiger partial charge in [-0.05, 0) is 127 Å². The van der Waals surface area contributed by atoms with Crippen LogP contribution in [0.2, 0.25) is 0 Å². The van der Waals surface area contributed by atoms with Crippen molar-refractivity contribution in [2.45, 2.75) is 158 Å². The molecule has 0 radical (unpaired) electrons. The van der Waals surface area contributed by atoms with Crippen LogP contribution >= 0.6 is 0 Å². The molecule has 1 aromatic carbocycles. The van der Waals surface area contributed by atoms with Crippen LogP contribution in [-0.2, 0) is 34.1 Å². The normalized spacial score (nSPS) is 28.0. The first-order chi connectivity index (χ1) is 35.8. The summed E-state index contributed by atoms with van der Waals surface area (Å²) in [6.45, 7) is 11.9. The quantitative estimate of drug-likeness (QED) is 0.170. The second kappa shape index (κ2) is 18.4. The SMILES string of the molecule is CC(C)n1cnc2cc(-c3ccc4c(c3)N([C@H]3C[C@@H](N5CC6CCC(C5)O6)C3)C(=O)C43CCN(C(=O)C4(C)CCN(C(=O)C5CCN(c6ccc(C7CCC(=O)NC7=O)cn6)CC5)CC4)CC3)nc(NC3CC3)c21. The Morgan fingerprint density at radius 3 is 2.22 bits per heavy atom. The number of aromatic nitrogens is 4. The van der Waals surface area contributed by atoms with E-state index < -0.39 is 10.8 Å². The lowest BCUT2D eigenvalue weighted by atomic mass is 9.72. The highest BCUT2D eigenvalue weighted by atomic mass is 16.5. The van der Waals surface area contributed by atoms with E-state index in [4.69, 9.17) is 14.7 Å². The fraction of sp³-hybridized carbons (Fsp3) is 0.614. The van der Waals surface area contributed by atoms with Crippen molar-refractivity contribution in [1.29, 1.82) is 0 Å². The number of morpholine rings is 1. The van der Waals surface area contributed by atoms with E-state index in [9.17, 15) is 19.2 Å². The Kier molecular flexibility index (Phi) is 11.9. The number of nitrogens with one attached hydrogen (secondary N) is 2. The monoisotopic (exact) mass is 1010 g/mol. The van der Waals surface area contributed by atoms with Gasteiger partial charge in [-0.3, -0.25) is 34.2 Å². The third-order valence-electron chi connectivity index (χ3n) is 18.9. The fourth-order valence-corrected chi connectivity index (χ4v) is 14.1. The molecule has 13 rings (SSSR count). The Balaban J connectivity index is 0.674. The van der Waals surface area contributed by atoms with Gasteiger partial charge in [0.25, 0.3) is 0 Å². The van der Waals surface area contributed by atoms with Gasteiger partial charge in [-0.2, -0.15) is 0 Å². The van der Waals surface area contributed by atoms with E-state index in [0.29, 0.717) is 102 Å². The number of ether oxygens (including phenoxy) is 1. The lowest BCUT2D eigenvalue weighted by molar-refractivity contribution is -0.150. The predicted octanol–water partition coefficient (Wildman–Crippen LogP) is 6.32. The minimum absolute atomic E-state index is 0.0774. The highest BCUT2D eigenvalue weighted by Gasteiger charge is 2.57. The van der Waals surface area contributed by atoms with Gasteiger partial charge in [0.15, 0.2) is 5.82 Å². The standard InChI is InChI=1S/C57H71N11O6/c1-34(2)67-33-59-46-29-45(61-51(50(46)67)60-38-6-7-38)36-4-11-44-47(26-36)68(40-27-39(28-40)66-31-41-8-9-42(32-66)74-41)55(73)57(44)18-24-65(25-19-57)54(72)56(3)16-22-64(23-17-56)53(71)35-14-20-63(21-15-35)48-12-5-37(30-58-48)43-10-13-49(69)62-52(43)70/h4-5,11-12,26,29-30,33-35,38-43H,6-10,13-25,27-28,31-32H2,1-3H3,(H,60,61)(H,62,69,70)/t39-,40+,41?,42?,43?. The zero-order chi connectivity index (χ0) is 50.6. The van der Waals surface area contributed by atoms with Crippen molar-refractivity contribution in [1.82, 2.24) is 39.5 Å². The summed E-state index contributed by atoms with van der Waals surface area (Å²) < 4.78 is 8.39. The van der Waals surface area contributed by atoms with Gasteiger partial charge in [-0.1, -0.05) is 25.1 Å². The molecule has 5 amide bonds. The van der Waals surface area contributed by atoms with Gasteiger partial charge in [0.1, 0.15) is 11.3 Å². The highest BCUT2D eigenvalue weighted by Crippen LogP contribution is 2.53. The van der Waals surface area contributed by atoms with Crippen LogP contribution in [0.4, 0.5) is 17.3 Å². The zero-order valence-electron chi connectivity index (χ0n) is 43.3. The third-order valence-corrected chi connectivity index (χ3v) is 18.9. The Bertz CT molecular complexity index is 2870. The zero-order valence-corrected chi connectivity index (χ0v) is 43.3. The summed E-state index contributed by atoms with van der Waals surface area (Å²) in [4.78, 5) is 93.8. The van der Waals surface area contributed by atoms with Crippen LogP contribution in [-0.4, -0.2) is 146 Å². The van der Waals surface area contributed by atoms with Gasteiger partial charge in [0.2, 0.25) is 29.5 Å². The molecule has 1 spiro atoms. The minimum atomic E-state index is -0.707. The molecule has 3 unspecified atom stereocenters. The van der Waals surface area contributed by atoms with Crippen LogP contribution in [0.25, 0.3) is 22.3 Å². The number of anilines is 3. The van der Waals surface area contributed by atoms with Crippen molar-refractivity contribution >= 4 is 57.9 Å². The van der Waals surface area contributed by atoms with E-state index in [0.717, 1.165) is 115 Å². The summed E-state index contributed by atoms with van der Waals surface area (Å²) in [7, 11) is 0. The van der Waals surface area contributed by atoms with Gasteiger partial charge >= 0.3 is 0 Å². The molecule has 17 nitrogen and oxygen atoms in total. The van der Waals surface area contributed by atoms with Crippen LogP contribution in [0.15, 0.2) is 48.9 Å². The molecule has 2 bridgehead atoms. The van der Waals surface area contributed by atoms with Crippen LogP contribution in [0.3, 0.4) is 0 Å². The molecule has 7 aliphatic heterocycles. The van der Waals surface area contributed by atoms with Crippen molar-refractivity contribution in [3.8, 4) is 11.3 Å². The molecule has 74 heavy (non-hydrogen) atoms. The minimum Gasteiger partial charge on any atom is -0.372 e. The molecular weight excluding hydrogens is 935 g/mol. The maximum atomic E-state index is 15.4. The number of fused-ring (bicyclic) bond motifs is 5. The second-order valence-electron chi connectivity index (χ2n) is 24.0. The summed E-state index contributed by atoms with van der Waals surface area (Å²) in [5, 5.41) is 6.14. The molecule has 4 aromatic rings. The van der Waals surface area contributed by atoms with E-state index in [2.05, 4.69) is 79.9 Å². The largest absolute Gasteiger partial charge is 0.372 e. The summed E-state index contributed by atoms with van der Waals surface area (Å²) in [5.74, 6) is 1.24. The van der Waals surface area contributed by atoms with E-state index >= 15 is 4.79 Å². The Morgan fingerprint density at radius 1 is 0.811 bits per heavy atom. The molecule has 2 aliphatic carbocycles. The second-order valence-corrected chi connectivity index (χ2v) is 24.0. The number of likely N-dealkylation sites (tertiary alicyclic amines) is 3. The summed E-state index contributed by atoms with van der Waals surface area (Å²) in [6.07, 6.45) is 15.4. The maximum absolute atomic E-state index is 15.4. The lowest BCUT2D eigenvalue weighted by Gasteiger charge is -2.49. The molecule has 2 saturated carbocycles.